The molecule has 4 heteroatoms. The van der Waals surface area contributed by atoms with Gasteiger partial charge in [-0.3, -0.25) is 9.69 Å². The lowest BCUT2D eigenvalue weighted by atomic mass is 9.79. The van der Waals surface area contributed by atoms with E-state index in [4.69, 9.17) is 4.74 Å². The zero-order valence-corrected chi connectivity index (χ0v) is 12.4. The highest BCUT2D eigenvalue weighted by Crippen LogP contribution is 2.33. The Kier molecular flexibility index (Phi) is 4.27. The van der Waals surface area contributed by atoms with Gasteiger partial charge in [-0.25, -0.2) is 0 Å². The number of ether oxygens (including phenoxy) is 1. The second kappa shape index (κ2) is 6.16. The average molecular weight is 289 g/mol. The summed E-state index contributed by atoms with van der Waals surface area (Å²) in [6.45, 7) is 3.62. The summed E-state index contributed by atoms with van der Waals surface area (Å²) in [7, 11) is 0. The van der Waals surface area contributed by atoms with Gasteiger partial charge in [-0.1, -0.05) is 24.3 Å². The molecular formula is C17H23NO3. The summed E-state index contributed by atoms with van der Waals surface area (Å²) in [5, 5.41) is 9.70. The van der Waals surface area contributed by atoms with Crippen LogP contribution >= 0.6 is 0 Å². The Balaban J connectivity index is 1.76. The molecule has 1 fully saturated rings. The highest BCUT2D eigenvalue weighted by molar-refractivity contribution is 5.75. The maximum Gasteiger partial charge on any atom is 0.311 e. The molecule has 1 N–H and O–H groups in total. The Labute approximate surface area is 125 Å². The number of aryl methyl sites for hydroxylation is 1. The van der Waals surface area contributed by atoms with Gasteiger partial charge in [0.25, 0.3) is 0 Å². The molecule has 2 heterocycles. The van der Waals surface area contributed by atoms with E-state index in [1.165, 1.54) is 11.1 Å². The Morgan fingerprint density at radius 1 is 1.24 bits per heavy atom. The van der Waals surface area contributed by atoms with E-state index in [2.05, 4.69) is 29.2 Å². The topological polar surface area (TPSA) is 49.8 Å². The molecule has 0 radical (unpaired) electrons. The highest BCUT2D eigenvalue weighted by atomic mass is 16.5. The number of hydrogen-bond acceptors (Lipinski definition) is 3. The average Bonchev–Trinajstić information content (AvgIpc) is 2.69. The molecule has 1 aromatic carbocycles. The van der Waals surface area contributed by atoms with Crippen LogP contribution < -0.4 is 0 Å². The van der Waals surface area contributed by atoms with E-state index in [1.807, 2.05) is 0 Å². The summed E-state index contributed by atoms with van der Waals surface area (Å²) < 4.78 is 5.36. The number of rotatable bonds is 3. The number of carbonyl (C=O) groups is 1. The van der Waals surface area contributed by atoms with Gasteiger partial charge >= 0.3 is 5.97 Å². The van der Waals surface area contributed by atoms with Crippen LogP contribution in [0.4, 0.5) is 0 Å². The molecule has 0 unspecified atom stereocenters. The lowest BCUT2D eigenvalue weighted by molar-refractivity contribution is -0.156. The molecule has 2 aliphatic heterocycles. The van der Waals surface area contributed by atoms with Crippen LogP contribution in [0.2, 0.25) is 0 Å². The largest absolute Gasteiger partial charge is 0.481 e. The minimum Gasteiger partial charge on any atom is -0.481 e. The minimum atomic E-state index is -0.664. The van der Waals surface area contributed by atoms with Gasteiger partial charge in [0, 0.05) is 26.3 Å². The quantitative estimate of drug-likeness (QED) is 0.928. The maximum atomic E-state index is 11.8. The molecule has 114 valence electrons. The standard InChI is InChI=1S/C17H23NO3/c19-16(20)17(7-10-21-11-8-17)13-18-9-3-6-14-4-1-2-5-15(14)12-18/h1-2,4-5H,3,6-13H2,(H,19,20). The highest BCUT2D eigenvalue weighted by Gasteiger charge is 2.41. The zero-order chi connectivity index (χ0) is 14.7. The fourth-order valence-electron chi connectivity index (χ4n) is 3.53. The number of aliphatic carboxylic acids is 1. The van der Waals surface area contributed by atoms with Gasteiger partial charge in [0.1, 0.15) is 0 Å². The molecule has 1 aromatic rings. The second-order valence-corrected chi connectivity index (χ2v) is 6.28. The summed E-state index contributed by atoms with van der Waals surface area (Å²) in [5.74, 6) is -0.664. The molecule has 21 heavy (non-hydrogen) atoms. The van der Waals surface area contributed by atoms with Gasteiger partial charge in [0.05, 0.1) is 5.41 Å². The molecular weight excluding hydrogens is 266 g/mol. The molecule has 0 aromatic heterocycles. The zero-order valence-electron chi connectivity index (χ0n) is 12.4. The van der Waals surface area contributed by atoms with Crippen LogP contribution in [0.15, 0.2) is 24.3 Å². The van der Waals surface area contributed by atoms with Crippen molar-refractivity contribution in [3.63, 3.8) is 0 Å². The third kappa shape index (κ3) is 3.11. The summed E-state index contributed by atoms with van der Waals surface area (Å²) in [4.78, 5) is 14.1. The summed E-state index contributed by atoms with van der Waals surface area (Å²) >= 11 is 0. The van der Waals surface area contributed by atoms with Crippen molar-refractivity contribution in [2.75, 3.05) is 26.3 Å². The molecule has 2 aliphatic rings. The molecule has 0 atom stereocenters. The smallest absolute Gasteiger partial charge is 0.311 e. The van der Waals surface area contributed by atoms with Crippen molar-refractivity contribution in [2.45, 2.75) is 32.2 Å². The van der Waals surface area contributed by atoms with Gasteiger partial charge in [-0.15, -0.1) is 0 Å². The predicted molar refractivity (Wildman–Crippen MR) is 80.2 cm³/mol. The van der Waals surface area contributed by atoms with Crippen LogP contribution in [0.1, 0.15) is 30.4 Å². The van der Waals surface area contributed by atoms with E-state index in [0.717, 1.165) is 25.9 Å². The first kappa shape index (κ1) is 14.5. The third-order valence-corrected chi connectivity index (χ3v) is 4.86. The first-order valence-electron chi connectivity index (χ1n) is 7.80. The molecule has 0 aliphatic carbocycles. The first-order chi connectivity index (χ1) is 10.2. The van der Waals surface area contributed by atoms with Crippen molar-refractivity contribution in [3.05, 3.63) is 35.4 Å². The number of fused-ring (bicyclic) bond motifs is 1. The van der Waals surface area contributed by atoms with Crippen LogP contribution in [-0.2, 0) is 22.5 Å². The van der Waals surface area contributed by atoms with Crippen molar-refractivity contribution < 1.29 is 14.6 Å². The monoisotopic (exact) mass is 289 g/mol. The molecule has 0 saturated carbocycles. The summed E-state index contributed by atoms with van der Waals surface area (Å²) in [6.07, 6.45) is 3.44. The number of hydrogen-bond donors (Lipinski definition) is 1. The van der Waals surface area contributed by atoms with E-state index in [1.54, 1.807) is 0 Å². The molecule has 3 rings (SSSR count). The van der Waals surface area contributed by atoms with Crippen LogP contribution in [0, 0.1) is 5.41 Å². The van der Waals surface area contributed by atoms with E-state index < -0.39 is 11.4 Å². The Hall–Kier alpha value is -1.39. The molecule has 0 amide bonds. The van der Waals surface area contributed by atoms with Crippen molar-refractivity contribution in [1.82, 2.24) is 4.90 Å². The van der Waals surface area contributed by atoms with Gasteiger partial charge < -0.3 is 9.84 Å². The summed E-state index contributed by atoms with van der Waals surface area (Å²) in [6, 6.07) is 8.53. The third-order valence-electron chi connectivity index (χ3n) is 4.86. The minimum absolute atomic E-state index is 0.566. The Bertz CT molecular complexity index is 509. The van der Waals surface area contributed by atoms with Gasteiger partial charge in [0.15, 0.2) is 0 Å². The molecule has 0 bridgehead atoms. The SMILES string of the molecule is O=C(O)C1(CN2CCCc3ccccc3C2)CCOCC1. The van der Waals surface area contributed by atoms with Gasteiger partial charge in [-0.05, 0) is 43.4 Å². The van der Waals surface area contributed by atoms with E-state index in [0.29, 0.717) is 32.6 Å². The van der Waals surface area contributed by atoms with Gasteiger partial charge in [-0.2, -0.15) is 0 Å². The molecule has 1 saturated heterocycles. The lowest BCUT2D eigenvalue weighted by Gasteiger charge is -2.37. The fourth-order valence-corrected chi connectivity index (χ4v) is 3.53. The number of nitrogens with zero attached hydrogens (tertiary/aromatic N) is 1. The predicted octanol–water partition coefficient (Wildman–Crippen LogP) is 2.32. The van der Waals surface area contributed by atoms with Crippen LogP contribution in [-0.4, -0.2) is 42.3 Å². The Morgan fingerprint density at radius 2 is 1.95 bits per heavy atom. The first-order valence-corrected chi connectivity index (χ1v) is 7.80. The molecule has 4 nitrogen and oxygen atoms in total. The fraction of sp³-hybridized carbons (Fsp3) is 0.588. The second-order valence-electron chi connectivity index (χ2n) is 6.28. The Morgan fingerprint density at radius 3 is 2.67 bits per heavy atom. The number of benzene rings is 1. The lowest BCUT2D eigenvalue weighted by Crippen LogP contribution is -2.46. The van der Waals surface area contributed by atoms with Crippen LogP contribution in [0.25, 0.3) is 0 Å². The van der Waals surface area contributed by atoms with Crippen molar-refractivity contribution in [1.29, 1.82) is 0 Å². The van der Waals surface area contributed by atoms with E-state index in [9.17, 15) is 9.90 Å². The van der Waals surface area contributed by atoms with Crippen LogP contribution in [0.5, 0.6) is 0 Å². The van der Waals surface area contributed by atoms with Crippen molar-refractivity contribution in [2.24, 2.45) is 5.41 Å². The maximum absolute atomic E-state index is 11.8. The van der Waals surface area contributed by atoms with Crippen molar-refractivity contribution >= 4 is 5.97 Å². The number of carboxylic acid groups (broad SMARTS) is 1. The summed E-state index contributed by atoms with van der Waals surface area (Å²) in [5.41, 5.74) is 2.14. The van der Waals surface area contributed by atoms with Crippen LogP contribution in [0.3, 0.4) is 0 Å². The molecule has 0 spiro atoms. The van der Waals surface area contributed by atoms with E-state index >= 15 is 0 Å². The number of carboxylic acids is 1. The van der Waals surface area contributed by atoms with E-state index in [-0.39, 0.29) is 0 Å². The normalized spacial score (nSPS) is 22.3. The van der Waals surface area contributed by atoms with Crippen molar-refractivity contribution in [3.8, 4) is 0 Å². The van der Waals surface area contributed by atoms with Gasteiger partial charge in [0.2, 0.25) is 0 Å².